The van der Waals surface area contributed by atoms with Crippen molar-refractivity contribution in [3.63, 3.8) is 0 Å². The van der Waals surface area contributed by atoms with Gasteiger partial charge in [-0.2, -0.15) is 0 Å². The maximum absolute atomic E-state index is 12.6. The van der Waals surface area contributed by atoms with Gasteiger partial charge in [0, 0.05) is 25.2 Å². The van der Waals surface area contributed by atoms with Crippen LogP contribution in [0.2, 0.25) is 0 Å². The van der Waals surface area contributed by atoms with Crippen molar-refractivity contribution in [2.24, 2.45) is 0 Å². The van der Waals surface area contributed by atoms with Gasteiger partial charge in [-0.1, -0.05) is 103 Å². The highest BCUT2D eigenvalue weighted by Crippen LogP contribution is 2.18. The normalized spacial score (nSPS) is 12.4. The molecule has 2 aromatic heterocycles. The number of aromatic nitrogens is 2. The smallest absolute Gasteiger partial charge is 0.407 e. The molecule has 12 nitrogen and oxygen atoms in total. The number of carbonyl (C=O) groups excluding carboxylic acids is 2. The largest absolute Gasteiger partial charge is 0.471 e. The first-order valence-corrected chi connectivity index (χ1v) is 17.9. The number of carbonyl (C=O) groups is 2. The lowest BCUT2D eigenvalue weighted by atomic mass is 10.0. The summed E-state index contributed by atoms with van der Waals surface area (Å²) < 4.78 is 32.3. The van der Waals surface area contributed by atoms with Crippen molar-refractivity contribution in [2.75, 3.05) is 26.4 Å². The number of aliphatic hydroxyl groups excluding tert-OH is 1. The van der Waals surface area contributed by atoms with Gasteiger partial charge in [0.05, 0.1) is 6.61 Å². The first kappa shape index (κ1) is 39.9. The second-order valence-corrected chi connectivity index (χ2v) is 12.0. The highest BCUT2D eigenvalue weighted by atomic mass is 16.6. The molecule has 2 unspecified atom stereocenters. The molecular formula is C35H59N3O9. The third-order valence-electron chi connectivity index (χ3n) is 7.85. The maximum Gasteiger partial charge on any atom is 0.407 e. The first-order chi connectivity index (χ1) is 23.0. The summed E-state index contributed by atoms with van der Waals surface area (Å²) in [4.78, 5) is 24.9. The van der Waals surface area contributed by atoms with Crippen LogP contribution in [0.4, 0.5) is 4.79 Å². The molecule has 2 aromatic rings. The Kier molecular flexibility index (Phi) is 22.7. The quantitative estimate of drug-likeness (QED) is 0.0622. The topological polar surface area (TPSA) is 155 Å². The molecule has 2 N–H and O–H groups in total. The Hall–Kier alpha value is -3.28. The molecule has 0 aromatic carbocycles. The fraction of sp³-hybridized carbons (Fsp3) is 0.771. The number of rotatable bonds is 30. The van der Waals surface area contributed by atoms with Gasteiger partial charge in [-0.05, 0) is 36.5 Å². The SMILES string of the molecule is CCCCCCCCCCCCCCCCc1cc(OCC(COC(=O)NC(CCCCCO)C(=O)OCC)Oc2ccon2)no1. The van der Waals surface area contributed by atoms with E-state index in [9.17, 15) is 9.59 Å². The summed E-state index contributed by atoms with van der Waals surface area (Å²) in [7, 11) is 0. The van der Waals surface area contributed by atoms with Crippen LogP contribution in [0.3, 0.4) is 0 Å². The third-order valence-corrected chi connectivity index (χ3v) is 7.85. The third kappa shape index (κ3) is 19.9. The van der Waals surface area contributed by atoms with Crippen molar-refractivity contribution in [2.45, 2.75) is 148 Å². The zero-order chi connectivity index (χ0) is 33.8. The maximum atomic E-state index is 12.6. The number of esters is 1. The van der Waals surface area contributed by atoms with Crippen LogP contribution in [-0.4, -0.2) is 66.1 Å². The van der Waals surface area contributed by atoms with Crippen LogP contribution in [0, 0.1) is 0 Å². The fourth-order valence-electron chi connectivity index (χ4n) is 5.18. The van der Waals surface area contributed by atoms with Gasteiger partial charge in [0.2, 0.25) is 0 Å². The Bertz CT molecular complexity index is 1030. The zero-order valence-corrected chi connectivity index (χ0v) is 28.8. The number of nitrogens with one attached hydrogen (secondary N) is 1. The van der Waals surface area contributed by atoms with Gasteiger partial charge in [-0.15, -0.1) is 0 Å². The lowest BCUT2D eigenvalue weighted by molar-refractivity contribution is -0.145. The number of hydrogen-bond acceptors (Lipinski definition) is 11. The van der Waals surface area contributed by atoms with Crippen LogP contribution in [0.15, 0.2) is 27.4 Å². The molecule has 2 heterocycles. The van der Waals surface area contributed by atoms with Gasteiger partial charge in [0.25, 0.3) is 11.8 Å². The van der Waals surface area contributed by atoms with E-state index in [2.05, 4.69) is 22.6 Å². The molecule has 0 aliphatic carbocycles. The number of hydrogen-bond donors (Lipinski definition) is 2. The number of amides is 1. The minimum Gasteiger partial charge on any atom is -0.471 e. The van der Waals surface area contributed by atoms with E-state index in [0.717, 1.165) is 31.4 Å². The molecule has 0 radical (unpaired) electrons. The van der Waals surface area contributed by atoms with Crippen molar-refractivity contribution in [1.29, 1.82) is 0 Å². The van der Waals surface area contributed by atoms with Crippen molar-refractivity contribution >= 4 is 12.1 Å². The van der Waals surface area contributed by atoms with Crippen molar-refractivity contribution in [3.05, 3.63) is 24.2 Å². The molecule has 0 spiro atoms. The van der Waals surface area contributed by atoms with Crippen LogP contribution >= 0.6 is 0 Å². The average molecular weight is 666 g/mol. The highest BCUT2D eigenvalue weighted by molar-refractivity contribution is 5.81. The van der Waals surface area contributed by atoms with E-state index in [-0.39, 0.29) is 32.3 Å². The average Bonchev–Trinajstić information content (AvgIpc) is 3.76. The summed E-state index contributed by atoms with van der Waals surface area (Å²) in [6.45, 7) is 4.03. The summed E-state index contributed by atoms with van der Waals surface area (Å²) in [6.07, 6.45) is 21.3. The number of aryl methyl sites for hydroxylation is 1. The lowest BCUT2D eigenvalue weighted by Crippen LogP contribution is -2.43. The standard InChI is InChI=1S/C35H59N3O9/c1-3-5-6-7-8-9-10-11-12-13-14-15-16-18-21-29-26-33(38-47-29)43-27-30(46-32-23-25-45-37-32)28-44-35(41)36-31(34(40)42-4-2)22-19-17-20-24-39/h23,25-26,30-31,39H,3-22,24,27-28H2,1-2H3,(H,36,41). The molecule has 268 valence electrons. The minimum atomic E-state index is -0.861. The molecule has 2 atom stereocenters. The van der Waals surface area contributed by atoms with Gasteiger partial charge in [-0.25, -0.2) is 9.59 Å². The predicted molar refractivity (Wildman–Crippen MR) is 177 cm³/mol. The Balaban J connectivity index is 1.67. The summed E-state index contributed by atoms with van der Waals surface area (Å²) in [5.41, 5.74) is 0. The second kappa shape index (κ2) is 26.8. The van der Waals surface area contributed by atoms with Crippen molar-refractivity contribution in [3.8, 4) is 11.8 Å². The molecule has 1 amide bonds. The number of aliphatic hydroxyl groups is 1. The van der Waals surface area contributed by atoms with Gasteiger partial charge >= 0.3 is 12.1 Å². The second-order valence-electron chi connectivity index (χ2n) is 12.0. The summed E-state index contributed by atoms with van der Waals surface area (Å²) in [5.74, 6) is 0.735. The fourth-order valence-corrected chi connectivity index (χ4v) is 5.18. The number of alkyl carbamates (subject to hydrolysis) is 1. The van der Waals surface area contributed by atoms with Crippen molar-refractivity contribution in [1.82, 2.24) is 15.6 Å². The Morgan fingerprint density at radius 1 is 0.809 bits per heavy atom. The molecule has 0 saturated heterocycles. The molecule has 12 heteroatoms. The summed E-state index contributed by atoms with van der Waals surface area (Å²) in [5, 5.41) is 19.3. The van der Waals surface area contributed by atoms with Gasteiger partial charge < -0.3 is 38.4 Å². The van der Waals surface area contributed by atoms with E-state index in [0.29, 0.717) is 25.1 Å². The zero-order valence-electron chi connectivity index (χ0n) is 28.8. The van der Waals surface area contributed by atoms with Crippen molar-refractivity contribution < 1.29 is 42.7 Å². The molecule has 0 bridgehead atoms. The molecule has 0 aliphatic rings. The predicted octanol–water partition coefficient (Wildman–Crippen LogP) is 7.72. The Labute approximate surface area is 280 Å². The van der Waals surface area contributed by atoms with Gasteiger partial charge in [0.15, 0.2) is 6.10 Å². The summed E-state index contributed by atoms with van der Waals surface area (Å²) >= 11 is 0. The lowest BCUT2D eigenvalue weighted by Gasteiger charge is -2.20. The van der Waals surface area contributed by atoms with Crippen LogP contribution in [0.25, 0.3) is 0 Å². The van der Waals surface area contributed by atoms with Gasteiger partial charge in [-0.3, -0.25) is 0 Å². The summed E-state index contributed by atoms with van der Waals surface area (Å²) in [6, 6.07) is 2.44. The van der Waals surface area contributed by atoms with E-state index < -0.39 is 24.2 Å². The van der Waals surface area contributed by atoms with E-state index >= 15 is 0 Å². The molecule has 0 saturated carbocycles. The molecule has 0 fully saturated rings. The molecule has 0 aliphatic heterocycles. The number of unbranched alkanes of at least 4 members (excludes halogenated alkanes) is 15. The Morgan fingerprint density at radius 3 is 2.09 bits per heavy atom. The van der Waals surface area contributed by atoms with Gasteiger partial charge in [0.1, 0.15) is 31.3 Å². The Morgan fingerprint density at radius 2 is 1.47 bits per heavy atom. The van der Waals surface area contributed by atoms with E-state index in [1.165, 1.54) is 89.4 Å². The minimum absolute atomic E-state index is 0.00651. The molecular weight excluding hydrogens is 606 g/mol. The van der Waals surface area contributed by atoms with Crippen LogP contribution in [0.1, 0.15) is 135 Å². The first-order valence-electron chi connectivity index (χ1n) is 17.9. The van der Waals surface area contributed by atoms with Crippen LogP contribution in [0.5, 0.6) is 11.8 Å². The van der Waals surface area contributed by atoms with E-state index in [1.807, 2.05) is 0 Å². The molecule has 47 heavy (non-hydrogen) atoms. The molecule has 2 rings (SSSR count). The van der Waals surface area contributed by atoms with Crippen LogP contribution < -0.4 is 14.8 Å². The van der Waals surface area contributed by atoms with E-state index in [4.69, 9.17) is 33.1 Å². The number of ether oxygens (including phenoxy) is 4. The highest BCUT2D eigenvalue weighted by Gasteiger charge is 2.24. The number of nitrogens with zero attached hydrogens (tertiary/aromatic N) is 2. The monoisotopic (exact) mass is 665 g/mol. The van der Waals surface area contributed by atoms with E-state index in [1.54, 1.807) is 13.0 Å². The van der Waals surface area contributed by atoms with Crippen LogP contribution in [-0.2, 0) is 20.7 Å².